The van der Waals surface area contributed by atoms with Crippen molar-refractivity contribution in [3.63, 3.8) is 0 Å². The molecule has 0 heterocycles. The Hall–Kier alpha value is -0.690. The van der Waals surface area contributed by atoms with Gasteiger partial charge in [0.05, 0.1) is 6.73 Å². The van der Waals surface area contributed by atoms with E-state index >= 15 is 0 Å². The summed E-state index contributed by atoms with van der Waals surface area (Å²) in [5.41, 5.74) is 0. The highest BCUT2D eigenvalue weighted by molar-refractivity contribution is 5.66. The number of carboxylic acids is 1. The summed E-state index contributed by atoms with van der Waals surface area (Å²) in [6.45, 7) is 8.40. The van der Waals surface area contributed by atoms with Crippen molar-refractivity contribution < 1.29 is 14.6 Å². The molecule has 0 unspecified atom stereocenters. The Labute approximate surface area is 135 Å². The minimum absolute atomic E-state index is 0.279. The van der Waals surface area contributed by atoms with Gasteiger partial charge in [0.2, 0.25) is 0 Å². The number of aliphatic carboxylic acids is 1. The molecule has 0 aliphatic carbocycles. The van der Waals surface area contributed by atoms with Crippen molar-refractivity contribution in [2.45, 2.75) is 51.9 Å². The van der Waals surface area contributed by atoms with E-state index in [0.29, 0.717) is 6.73 Å². The molecule has 0 aromatic heterocycles. The molecule has 0 rings (SSSR count). The highest BCUT2D eigenvalue weighted by atomic mass is 16.5. The van der Waals surface area contributed by atoms with Gasteiger partial charge in [0.15, 0.2) is 0 Å². The van der Waals surface area contributed by atoms with Crippen LogP contribution in [0.5, 0.6) is 0 Å². The second-order valence-corrected chi connectivity index (χ2v) is 5.40. The van der Waals surface area contributed by atoms with E-state index in [1.165, 1.54) is 25.7 Å². The number of hydrogen-bond acceptors (Lipinski definition) is 5. The number of unbranched alkanes of at least 4 members (excludes halogenated alkanes) is 4. The summed E-state index contributed by atoms with van der Waals surface area (Å²) >= 11 is 0. The van der Waals surface area contributed by atoms with E-state index in [1.807, 2.05) is 6.92 Å². The molecule has 0 aromatic rings. The molecule has 6 heteroatoms. The molecule has 6 nitrogen and oxygen atoms in total. The van der Waals surface area contributed by atoms with E-state index in [9.17, 15) is 4.79 Å². The molecule has 0 radical (unpaired) electrons. The molecule has 0 saturated carbocycles. The van der Waals surface area contributed by atoms with Gasteiger partial charge >= 0.3 is 5.97 Å². The van der Waals surface area contributed by atoms with Gasteiger partial charge in [0, 0.05) is 26.1 Å². The topological polar surface area (TPSA) is 82.6 Å². The van der Waals surface area contributed by atoms with Crippen LogP contribution in [0.3, 0.4) is 0 Å². The minimum atomic E-state index is -0.702. The molecular weight excluding hydrogens is 282 g/mol. The molecule has 0 aliphatic heterocycles. The van der Waals surface area contributed by atoms with Gasteiger partial charge in [-0.25, -0.2) is 0 Å². The molecule has 0 bridgehead atoms. The fourth-order valence-corrected chi connectivity index (χ4v) is 2.05. The van der Waals surface area contributed by atoms with E-state index in [4.69, 9.17) is 9.84 Å². The van der Waals surface area contributed by atoms with Crippen LogP contribution >= 0.6 is 0 Å². The van der Waals surface area contributed by atoms with Crippen LogP contribution < -0.4 is 16.0 Å². The molecule has 4 N–H and O–H groups in total. The van der Waals surface area contributed by atoms with Crippen LogP contribution in [0.2, 0.25) is 0 Å². The third-order valence-corrected chi connectivity index (χ3v) is 3.34. The van der Waals surface area contributed by atoms with Crippen LogP contribution in [-0.2, 0) is 9.53 Å². The molecule has 0 fully saturated rings. The zero-order valence-corrected chi connectivity index (χ0v) is 14.2. The van der Waals surface area contributed by atoms with Crippen molar-refractivity contribution >= 4 is 5.97 Å². The highest BCUT2D eigenvalue weighted by Crippen LogP contribution is 1.97. The fourth-order valence-electron chi connectivity index (χ4n) is 2.05. The third-order valence-electron chi connectivity index (χ3n) is 3.34. The number of carbonyl (C=O) groups is 1. The smallest absolute Gasteiger partial charge is 0.303 e. The van der Waals surface area contributed by atoms with Gasteiger partial charge in [0.25, 0.3) is 0 Å². The maximum Gasteiger partial charge on any atom is 0.303 e. The molecule has 0 spiro atoms. The number of rotatable bonds is 18. The molecular formula is C16H35N3O3. The Balaban J connectivity index is 2.95. The van der Waals surface area contributed by atoms with Crippen molar-refractivity contribution in [2.24, 2.45) is 0 Å². The quantitative estimate of drug-likeness (QED) is 0.227. The largest absolute Gasteiger partial charge is 0.481 e. The Kier molecular flexibility index (Phi) is 17.8. The molecule has 0 aliphatic rings. The van der Waals surface area contributed by atoms with E-state index in [1.54, 1.807) is 0 Å². The Morgan fingerprint density at radius 2 is 1.36 bits per heavy atom. The maximum atomic E-state index is 10.3. The molecule has 0 atom stereocenters. The zero-order chi connectivity index (χ0) is 16.3. The van der Waals surface area contributed by atoms with E-state index < -0.39 is 5.97 Å². The van der Waals surface area contributed by atoms with Crippen molar-refractivity contribution in [1.29, 1.82) is 0 Å². The first-order valence-electron chi connectivity index (χ1n) is 8.69. The first kappa shape index (κ1) is 21.3. The third kappa shape index (κ3) is 19.3. The molecule has 0 aromatic carbocycles. The second kappa shape index (κ2) is 18.4. The molecule has 22 heavy (non-hydrogen) atoms. The summed E-state index contributed by atoms with van der Waals surface area (Å²) in [6.07, 6.45) is 6.95. The van der Waals surface area contributed by atoms with Crippen molar-refractivity contribution in [3.8, 4) is 0 Å². The van der Waals surface area contributed by atoms with Gasteiger partial charge < -0.3 is 20.5 Å². The van der Waals surface area contributed by atoms with Crippen LogP contribution in [0.1, 0.15) is 51.9 Å². The second-order valence-electron chi connectivity index (χ2n) is 5.40. The Bertz CT molecular complexity index is 241. The molecule has 132 valence electrons. The van der Waals surface area contributed by atoms with Crippen molar-refractivity contribution in [2.75, 3.05) is 46.1 Å². The fraction of sp³-hybridized carbons (Fsp3) is 0.938. The standard InChI is InChI=1S/C16H35N3O3/c1-2-22-15-19-12-7-4-3-6-10-17-13-14-18-11-8-5-9-16(20)21/h17-19H,2-15H2,1H3,(H,20,21). The van der Waals surface area contributed by atoms with Gasteiger partial charge in [-0.1, -0.05) is 12.8 Å². The lowest BCUT2D eigenvalue weighted by Gasteiger charge is -2.07. The number of carboxylic acid groups (broad SMARTS) is 1. The number of ether oxygens (including phenoxy) is 1. The summed E-state index contributed by atoms with van der Waals surface area (Å²) in [5.74, 6) is -0.702. The van der Waals surface area contributed by atoms with Crippen LogP contribution in [-0.4, -0.2) is 57.1 Å². The van der Waals surface area contributed by atoms with Crippen LogP contribution in [0.25, 0.3) is 0 Å². The number of nitrogens with one attached hydrogen (secondary N) is 3. The summed E-state index contributed by atoms with van der Waals surface area (Å²) < 4.78 is 5.20. The van der Waals surface area contributed by atoms with Gasteiger partial charge in [-0.3, -0.25) is 10.1 Å². The molecule has 0 amide bonds. The zero-order valence-electron chi connectivity index (χ0n) is 14.2. The van der Waals surface area contributed by atoms with Crippen molar-refractivity contribution in [3.05, 3.63) is 0 Å². The van der Waals surface area contributed by atoms with Gasteiger partial charge in [0.1, 0.15) is 0 Å². The normalized spacial score (nSPS) is 11.0. The highest BCUT2D eigenvalue weighted by Gasteiger charge is 1.96. The Morgan fingerprint density at radius 1 is 0.818 bits per heavy atom. The average Bonchev–Trinajstić information content (AvgIpc) is 2.50. The van der Waals surface area contributed by atoms with Crippen LogP contribution in [0, 0.1) is 0 Å². The summed E-state index contributed by atoms with van der Waals surface area (Å²) in [5, 5.41) is 18.5. The van der Waals surface area contributed by atoms with Gasteiger partial charge in [-0.2, -0.15) is 0 Å². The molecule has 0 saturated heterocycles. The van der Waals surface area contributed by atoms with Crippen molar-refractivity contribution in [1.82, 2.24) is 16.0 Å². The van der Waals surface area contributed by atoms with E-state index in [2.05, 4.69) is 16.0 Å². The first-order valence-corrected chi connectivity index (χ1v) is 8.69. The lowest BCUT2D eigenvalue weighted by atomic mass is 10.2. The maximum absolute atomic E-state index is 10.3. The van der Waals surface area contributed by atoms with E-state index in [0.717, 1.165) is 52.2 Å². The van der Waals surface area contributed by atoms with E-state index in [-0.39, 0.29) is 6.42 Å². The predicted molar refractivity (Wildman–Crippen MR) is 90.2 cm³/mol. The minimum Gasteiger partial charge on any atom is -0.481 e. The van der Waals surface area contributed by atoms with Gasteiger partial charge in [-0.15, -0.1) is 0 Å². The van der Waals surface area contributed by atoms with Gasteiger partial charge in [-0.05, 0) is 52.2 Å². The van der Waals surface area contributed by atoms with Crippen LogP contribution in [0.4, 0.5) is 0 Å². The number of hydrogen-bond donors (Lipinski definition) is 4. The lowest BCUT2D eigenvalue weighted by Crippen LogP contribution is -2.28. The predicted octanol–water partition coefficient (Wildman–Crippen LogP) is 1.56. The monoisotopic (exact) mass is 317 g/mol. The average molecular weight is 317 g/mol. The summed E-state index contributed by atoms with van der Waals surface area (Å²) in [6, 6.07) is 0. The van der Waals surface area contributed by atoms with Crippen LogP contribution in [0.15, 0.2) is 0 Å². The summed E-state index contributed by atoms with van der Waals surface area (Å²) in [7, 11) is 0. The Morgan fingerprint density at radius 3 is 1.91 bits per heavy atom. The summed E-state index contributed by atoms with van der Waals surface area (Å²) in [4.78, 5) is 10.3. The lowest BCUT2D eigenvalue weighted by molar-refractivity contribution is -0.137. The SMILES string of the molecule is CCOCNCCCCCCNCCNCCCCC(=O)O. The first-order chi connectivity index (χ1) is 10.8.